The number of nitrogens with one attached hydrogen (secondary N) is 1. The van der Waals surface area contributed by atoms with E-state index in [1.807, 2.05) is 0 Å². The number of benzene rings is 1. The number of halogens is 2. The maximum absolute atomic E-state index is 14.9. The summed E-state index contributed by atoms with van der Waals surface area (Å²) in [6.45, 7) is -0.0473. The molecule has 2 saturated carbocycles. The summed E-state index contributed by atoms with van der Waals surface area (Å²) in [5, 5.41) is 13.0. The average Bonchev–Trinajstić information content (AvgIpc) is 3.61. The van der Waals surface area contributed by atoms with E-state index in [2.05, 4.69) is 15.3 Å². The van der Waals surface area contributed by atoms with E-state index in [4.69, 9.17) is 4.74 Å². The molecule has 0 spiro atoms. The summed E-state index contributed by atoms with van der Waals surface area (Å²) in [4.78, 5) is 25.0. The molecule has 0 radical (unpaired) electrons. The number of aromatic nitrogens is 2. The predicted octanol–water partition coefficient (Wildman–Crippen LogP) is 3.59. The molecule has 2 N–H and O–H groups in total. The molecule has 1 aromatic heterocycles. The van der Waals surface area contributed by atoms with Crippen LogP contribution >= 0.6 is 0 Å². The number of methoxy groups -OCH3 is 1. The fraction of sp³-hybridized carbons (Fsp3) is 0.500. The van der Waals surface area contributed by atoms with Crippen LogP contribution in [0.3, 0.4) is 0 Å². The van der Waals surface area contributed by atoms with Crippen LogP contribution in [0.1, 0.15) is 44.1 Å². The summed E-state index contributed by atoms with van der Waals surface area (Å²) in [7, 11) is 1.29. The van der Waals surface area contributed by atoms with E-state index in [-0.39, 0.29) is 30.5 Å². The molecule has 0 bridgehead atoms. The first kappa shape index (κ1) is 20.9. The van der Waals surface area contributed by atoms with Gasteiger partial charge >= 0.3 is 6.03 Å². The quantitative estimate of drug-likeness (QED) is 0.731. The Morgan fingerprint density at radius 3 is 2.59 bits per heavy atom. The molecule has 10 heteroatoms. The maximum Gasteiger partial charge on any atom is 0.330 e. The highest BCUT2D eigenvalue weighted by Crippen LogP contribution is 2.41. The van der Waals surface area contributed by atoms with Crippen LogP contribution in [0, 0.1) is 11.6 Å². The Morgan fingerprint density at radius 2 is 1.91 bits per heavy atom. The fourth-order valence-electron chi connectivity index (χ4n) is 4.41. The molecule has 2 fully saturated rings. The van der Waals surface area contributed by atoms with Gasteiger partial charge in [0, 0.05) is 23.8 Å². The maximum atomic E-state index is 14.9. The summed E-state index contributed by atoms with van der Waals surface area (Å²) in [5.74, 6) is -0.999. The molecular weight excluding hydrogens is 420 g/mol. The van der Waals surface area contributed by atoms with Gasteiger partial charge in [-0.3, -0.25) is 9.80 Å². The molecule has 5 rings (SSSR count). The molecule has 0 unspecified atom stereocenters. The predicted molar refractivity (Wildman–Crippen MR) is 114 cm³/mol. The topological polar surface area (TPSA) is 90.8 Å². The third kappa shape index (κ3) is 3.72. The molecule has 2 heterocycles. The molecule has 2 aromatic rings. The lowest BCUT2D eigenvalue weighted by Crippen LogP contribution is -2.49. The fourth-order valence-corrected chi connectivity index (χ4v) is 4.41. The zero-order chi connectivity index (χ0) is 22.4. The third-order valence-electron chi connectivity index (χ3n) is 6.30. The van der Waals surface area contributed by atoms with Crippen LogP contribution in [0.4, 0.5) is 31.0 Å². The van der Waals surface area contributed by atoms with Crippen molar-refractivity contribution in [1.82, 2.24) is 9.97 Å². The minimum absolute atomic E-state index is 0.0473. The number of ether oxygens (including phenoxy) is 1. The van der Waals surface area contributed by atoms with Gasteiger partial charge in [0.1, 0.15) is 17.3 Å². The summed E-state index contributed by atoms with van der Waals surface area (Å²) in [5.41, 5.74) is 0.177. The first-order valence-electron chi connectivity index (χ1n) is 10.9. The van der Waals surface area contributed by atoms with Gasteiger partial charge in [0.25, 0.3) is 0 Å². The number of hydrogen-bond donors (Lipinski definition) is 2. The molecule has 8 nitrogen and oxygen atoms in total. The number of nitrogens with zero attached hydrogens (tertiary/aromatic N) is 4. The van der Waals surface area contributed by atoms with Crippen LogP contribution < -0.4 is 19.9 Å². The Balaban J connectivity index is 1.47. The van der Waals surface area contributed by atoms with Gasteiger partial charge in [-0.15, -0.1) is 0 Å². The molecule has 32 heavy (non-hydrogen) atoms. The van der Waals surface area contributed by atoms with Gasteiger partial charge in [-0.25, -0.2) is 18.6 Å². The first-order chi connectivity index (χ1) is 15.5. The molecule has 170 valence electrons. The van der Waals surface area contributed by atoms with E-state index in [0.29, 0.717) is 17.3 Å². The number of amides is 2. The second-order valence-electron chi connectivity index (χ2n) is 8.57. The van der Waals surface area contributed by atoms with Gasteiger partial charge < -0.3 is 15.2 Å². The van der Waals surface area contributed by atoms with E-state index >= 15 is 0 Å². The molecule has 2 amide bonds. The highest BCUT2D eigenvalue weighted by atomic mass is 19.1. The van der Waals surface area contributed by atoms with E-state index in [1.54, 1.807) is 6.20 Å². The largest absolute Gasteiger partial charge is 0.494 e. The van der Waals surface area contributed by atoms with Gasteiger partial charge in [-0.05, 0) is 50.7 Å². The SMILES string of the molecule is COc1ccc(F)c(N2Cc3cnc(NC4CCC(O)CC4)nc3N(C3CC3)C2=O)c1F. The van der Waals surface area contributed by atoms with Crippen molar-refractivity contribution in [2.75, 3.05) is 22.2 Å². The lowest BCUT2D eigenvalue weighted by atomic mass is 9.93. The number of urea groups is 1. The number of aliphatic hydroxyl groups excluding tert-OH is 1. The number of fused-ring (bicyclic) bond motifs is 1. The van der Waals surface area contributed by atoms with Crippen LogP contribution in [0.25, 0.3) is 0 Å². The summed E-state index contributed by atoms with van der Waals surface area (Å²) >= 11 is 0. The van der Waals surface area contributed by atoms with Crippen molar-refractivity contribution in [3.05, 3.63) is 35.5 Å². The summed E-state index contributed by atoms with van der Waals surface area (Å²) < 4.78 is 34.5. The van der Waals surface area contributed by atoms with Gasteiger partial charge in [0.05, 0.1) is 19.8 Å². The third-order valence-corrected chi connectivity index (χ3v) is 6.30. The van der Waals surface area contributed by atoms with Crippen LogP contribution in [-0.4, -0.2) is 46.4 Å². The highest BCUT2D eigenvalue weighted by Gasteiger charge is 2.43. The highest BCUT2D eigenvalue weighted by molar-refractivity contribution is 6.06. The van der Waals surface area contributed by atoms with Crippen LogP contribution in [0.15, 0.2) is 18.3 Å². The molecule has 1 aliphatic heterocycles. The lowest BCUT2D eigenvalue weighted by Gasteiger charge is -2.36. The molecule has 1 aromatic carbocycles. The van der Waals surface area contributed by atoms with Crippen LogP contribution in [0.2, 0.25) is 0 Å². The van der Waals surface area contributed by atoms with E-state index in [1.165, 1.54) is 18.1 Å². The minimum Gasteiger partial charge on any atom is -0.494 e. The second kappa shape index (κ2) is 8.16. The molecular formula is C22H25F2N5O3. The number of carbonyl (C=O) groups excluding carboxylic acids is 1. The Hall–Kier alpha value is -3.01. The van der Waals surface area contributed by atoms with Crippen molar-refractivity contribution in [1.29, 1.82) is 0 Å². The standard InChI is InChI=1S/C22H25F2N5O3/c1-32-17-9-8-16(23)19(18(17)24)28-11-12-10-25-21(26-13-2-6-15(30)7-3-13)27-20(12)29(22(28)31)14-4-5-14/h8-10,13-15,30H,2-7,11H2,1H3,(H,25,26,27). The van der Waals surface area contributed by atoms with Crippen molar-refractivity contribution in [2.24, 2.45) is 0 Å². The van der Waals surface area contributed by atoms with Gasteiger partial charge in [-0.1, -0.05) is 0 Å². The molecule has 2 aliphatic carbocycles. The van der Waals surface area contributed by atoms with Crippen molar-refractivity contribution < 1.29 is 23.4 Å². The Labute approximate surface area is 184 Å². The second-order valence-corrected chi connectivity index (χ2v) is 8.57. The number of aliphatic hydroxyl groups is 1. The molecule has 3 aliphatic rings. The van der Waals surface area contributed by atoms with Crippen molar-refractivity contribution >= 4 is 23.5 Å². The van der Waals surface area contributed by atoms with Crippen LogP contribution in [-0.2, 0) is 6.54 Å². The smallest absolute Gasteiger partial charge is 0.330 e. The number of carbonyl (C=O) groups is 1. The molecule has 0 atom stereocenters. The monoisotopic (exact) mass is 445 g/mol. The van der Waals surface area contributed by atoms with Crippen LogP contribution in [0.5, 0.6) is 5.75 Å². The summed E-state index contributed by atoms with van der Waals surface area (Å²) in [6, 6.07) is 1.86. The Bertz CT molecular complexity index is 1040. The van der Waals surface area contributed by atoms with E-state index < -0.39 is 23.4 Å². The van der Waals surface area contributed by atoms with E-state index in [9.17, 15) is 18.7 Å². The Morgan fingerprint density at radius 1 is 1.16 bits per heavy atom. The Kier molecular flexibility index (Phi) is 5.32. The lowest BCUT2D eigenvalue weighted by molar-refractivity contribution is 0.126. The zero-order valence-electron chi connectivity index (χ0n) is 17.7. The number of rotatable bonds is 5. The average molecular weight is 445 g/mol. The van der Waals surface area contributed by atoms with Crippen molar-refractivity contribution in [3.8, 4) is 5.75 Å². The van der Waals surface area contributed by atoms with Gasteiger partial charge in [0.2, 0.25) is 5.95 Å². The van der Waals surface area contributed by atoms with Gasteiger partial charge in [-0.2, -0.15) is 4.98 Å². The molecule has 0 saturated heterocycles. The first-order valence-corrected chi connectivity index (χ1v) is 10.9. The minimum atomic E-state index is -0.918. The number of anilines is 3. The van der Waals surface area contributed by atoms with E-state index in [0.717, 1.165) is 49.5 Å². The zero-order valence-corrected chi connectivity index (χ0v) is 17.7. The van der Waals surface area contributed by atoms with Crippen molar-refractivity contribution in [2.45, 2.75) is 63.3 Å². The summed E-state index contributed by atoms with van der Waals surface area (Å²) in [6.07, 6.45) is 6.02. The normalized spacial score (nSPS) is 23.2. The van der Waals surface area contributed by atoms with Crippen molar-refractivity contribution in [3.63, 3.8) is 0 Å². The van der Waals surface area contributed by atoms with Gasteiger partial charge in [0.15, 0.2) is 11.6 Å². The number of hydrogen-bond acceptors (Lipinski definition) is 6.